The van der Waals surface area contributed by atoms with Crippen LogP contribution < -0.4 is 0 Å². The standard InChI is InChI=1S/C33H38N.C15H28O2.Ir/c1-21-16-22(2)31-27(23-12-14-33(6,7)15-13-23)20-29(34-30(31)17-21)25-18-24-10-8-9-11-26(24)28(19-25)32(3,4)5;1-10(2)14(5,6)12(16)9-13(17)15(7,8)11(3)4;/h8-11,16-17,19-20,23H,12-15H2,1-7H3;9-11,16H,1-8H3;/q-1;;/b;12-9-;. The number of carbonyl (C=O) groups is 1. The molecular formula is C48H66IrNO2-. The van der Waals surface area contributed by atoms with Gasteiger partial charge in [0.2, 0.25) is 0 Å². The maximum Gasteiger partial charge on any atom is 0.164 e. The minimum Gasteiger partial charge on any atom is -0.512 e. The fourth-order valence-electron chi connectivity index (χ4n) is 7.03. The molecule has 3 nitrogen and oxygen atoms in total. The van der Waals surface area contributed by atoms with Crippen molar-refractivity contribution in [1.82, 2.24) is 4.98 Å². The number of fused-ring (bicyclic) bond motifs is 2. The van der Waals surface area contributed by atoms with Crippen molar-refractivity contribution in [1.29, 1.82) is 0 Å². The van der Waals surface area contributed by atoms with Gasteiger partial charge in [0.05, 0.1) is 5.52 Å². The number of nitrogens with zero attached hydrogens (tertiary/aromatic N) is 1. The molecule has 5 rings (SSSR count). The maximum atomic E-state index is 12.1. The molecule has 0 atom stereocenters. The molecule has 0 amide bonds. The number of pyridine rings is 1. The Kier molecular flexibility index (Phi) is 13.6. The number of hydrogen-bond donors (Lipinski definition) is 1. The van der Waals surface area contributed by atoms with Crippen molar-refractivity contribution in [2.24, 2.45) is 28.1 Å². The topological polar surface area (TPSA) is 50.2 Å². The largest absolute Gasteiger partial charge is 0.512 e. The molecular weight excluding hydrogens is 815 g/mol. The molecule has 1 aliphatic carbocycles. The third-order valence-corrected chi connectivity index (χ3v) is 12.4. The molecule has 0 saturated heterocycles. The molecule has 0 unspecified atom stereocenters. The molecule has 1 fully saturated rings. The number of allylic oxidation sites excluding steroid dienone is 2. The Morgan fingerprint density at radius 3 is 2.02 bits per heavy atom. The van der Waals surface area contributed by atoms with Gasteiger partial charge in [0.25, 0.3) is 0 Å². The Bertz CT molecular complexity index is 1910. The summed E-state index contributed by atoms with van der Waals surface area (Å²) in [5.41, 5.74) is 8.52. The normalized spacial score (nSPS) is 15.8. The van der Waals surface area contributed by atoms with Crippen LogP contribution in [-0.2, 0) is 30.3 Å². The third kappa shape index (κ3) is 9.64. The predicted molar refractivity (Wildman–Crippen MR) is 220 cm³/mol. The fourth-order valence-corrected chi connectivity index (χ4v) is 7.03. The summed E-state index contributed by atoms with van der Waals surface area (Å²) in [4.78, 5) is 17.4. The van der Waals surface area contributed by atoms with E-state index in [0.717, 1.165) is 16.8 Å². The van der Waals surface area contributed by atoms with Crippen LogP contribution in [0.3, 0.4) is 0 Å². The van der Waals surface area contributed by atoms with Crippen molar-refractivity contribution in [2.75, 3.05) is 0 Å². The summed E-state index contributed by atoms with van der Waals surface area (Å²) < 4.78 is 0. The fraction of sp³-hybridized carbons (Fsp3) is 0.542. The third-order valence-electron chi connectivity index (χ3n) is 12.4. The van der Waals surface area contributed by atoms with E-state index in [0.29, 0.717) is 11.3 Å². The molecule has 52 heavy (non-hydrogen) atoms. The van der Waals surface area contributed by atoms with Gasteiger partial charge in [-0.15, -0.1) is 29.1 Å². The first-order chi connectivity index (χ1) is 23.5. The number of aliphatic hydroxyl groups excluding tert-OH is 1. The van der Waals surface area contributed by atoms with E-state index in [1.165, 1.54) is 70.2 Å². The van der Waals surface area contributed by atoms with E-state index in [4.69, 9.17) is 4.98 Å². The minimum absolute atomic E-state index is 0. The second-order valence-corrected chi connectivity index (χ2v) is 19.1. The zero-order valence-electron chi connectivity index (χ0n) is 34.9. The van der Waals surface area contributed by atoms with Gasteiger partial charge in [0.15, 0.2) is 5.78 Å². The van der Waals surface area contributed by atoms with Gasteiger partial charge >= 0.3 is 0 Å². The average Bonchev–Trinajstić information content (AvgIpc) is 3.03. The second-order valence-electron chi connectivity index (χ2n) is 19.1. The minimum atomic E-state index is -0.430. The first-order valence-corrected chi connectivity index (χ1v) is 19.3. The molecule has 1 radical (unpaired) electrons. The van der Waals surface area contributed by atoms with E-state index in [1.807, 2.05) is 55.4 Å². The second kappa shape index (κ2) is 16.3. The van der Waals surface area contributed by atoms with E-state index in [9.17, 15) is 9.90 Å². The summed E-state index contributed by atoms with van der Waals surface area (Å²) in [5, 5.41) is 13.9. The number of aliphatic hydroxyl groups is 1. The van der Waals surface area contributed by atoms with Crippen molar-refractivity contribution >= 4 is 27.5 Å². The van der Waals surface area contributed by atoms with Crippen molar-refractivity contribution < 1.29 is 30.0 Å². The summed E-state index contributed by atoms with van der Waals surface area (Å²) in [7, 11) is 0. The molecule has 4 heteroatoms. The van der Waals surface area contributed by atoms with Crippen molar-refractivity contribution in [3.05, 3.63) is 88.7 Å². The van der Waals surface area contributed by atoms with Crippen molar-refractivity contribution in [2.45, 2.75) is 141 Å². The van der Waals surface area contributed by atoms with Crippen LogP contribution in [0.1, 0.15) is 144 Å². The Labute approximate surface area is 329 Å². The molecule has 3 aromatic carbocycles. The van der Waals surface area contributed by atoms with Gasteiger partial charge in [-0.3, -0.25) is 9.78 Å². The van der Waals surface area contributed by atoms with E-state index in [1.54, 1.807) is 0 Å². The van der Waals surface area contributed by atoms with Crippen LogP contribution in [0, 0.1) is 48.0 Å². The van der Waals surface area contributed by atoms with Gasteiger partial charge in [-0.1, -0.05) is 131 Å². The number of ketones is 1. The average molecular weight is 881 g/mol. The number of benzene rings is 3. The van der Waals surface area contributed by atoms with Crippen LogP contribution >= 0.6 is 0 Å². The zero-order chi connectivity index (χ0) is 38.3. The molecule has 1 heterocycles. The summed E-state index contributed by atoms with van der Waals surface area (Å²) >= 11 is 0. The molecule has 1 aromatic heterocycles. The smallest absolute Gasteiger partial charge is 0.164 e. The van der Waals surface area contributed by atoms with Gasteiger partial charge in [-0.2, -0.15) is 0 Å². The van der Waals surface area contributed by atoms with Crippen LogP contribution in [0.4, 0.5) is 0 Å². The SMILES string of the molecule is CC(C)C(C)(C)C(=O)/C=C(\O)C(C)(C)C(C)C.Cc1cc(C)c2c(C3CCC(C)(C)CC3)cc(-c3[c-]c4ccccc4c(C(C)(C)C)c3)nc2c1.[Ir]. The van der Waals surface area contributed by atoms with E-state index >= 15 is 0 Å². The molecule has 4 aromatic rings. The van der Waals surface area contributed by atoms with Crippen LogP contribution in [0.5, 0.6) is 0 Å². The Balaban J connectivity index is 0.000000347. The van der Waals surface area contributed by atoms with Crippen LogP contribution in [0.2, 0.25) is 0 Å². The molecule has 0 spiro atoms. The number of rotatable bonds is 7. The van der Waals surface area contributed by atoms with Gasteiger partial charge < -0.3 is 5.11 Å². The predicted octanol–water partition coefficient (Wildman–Crippen LogP) is 13.8. The van der Waals surface area contributed by atoms with Crippen molar-refractivity contribution in [3.8, 4) is 11.3 Å². The Morgan fingerprint density at radius 1 is 0.885 bits per heavy atom. The first-order valence-electron chi connectivity index (χ1n) is 19.3. The van der Waals surface area contributed by atoms with E-state index in [-0.39, 0.29) is 54.3 Å². The molecule has 285 valence electrons. The monoisotopic (exact) mass is 881 g/mol. The molecule has 1 aliphatic rings. The molecule has 1 N–H and O–H groups in total. The van der Waals surface area contributed by atoms with Gasteiger partial charge in [0, 0.05) is 48.1 Å². The number of carbonyl (C=O) groups excluding carboxylic acids is 1. The summed E-state index contributed by atoms with van der Waals surface area (Å²) in [6.45, 7) is 32.1. The zero-order valence-corrected chi connectivity index (χ0v) is 37.3. The van der Waals surface area contributed by atoms with Gasteiger partial charge in [-0.25, -0.2) is 0 Å². The van der Waals surface area contributed by atoms with Crippen LogP contribution in [0.25, 0.3) is 32.9 Å². The molecule has 0 aliphatic heterocycles. The summed E-state index contributed by atoms with van der Waals surface area (Å²) in [6, 6.07) is 21.7. The van der Waals surface area contributed by atoms with Crippen molar-refractivity contribution in [3.63, 3.8) is 0 Å². The Morgan fingerprint density at radius 2 is 1.46 bits per heavy atom. The Hall–Kier alpha value is -2.81. The maximum absolute atomic E-state index is 12.1. The number of aromatic nitrogens is 1. The quantitative estimate of drug-likeness (QED) is 0.114. The van der Waals surface area contributed by atoms with E-state index in [2.05, 4.69) is 103 Å². The molecule has 1 saturated carbocycles. The summed E-state index contributed by atoms with van der Waals surface area (Å²) in [5.74, 6) is 1.32. The van der Waals surface area contributed by atoms with Crippen LogP contribution in [-0.4, -0.2) is 15.9 Å². The summed E-state index contributed by atoms with van der Waals surface area (Å²) in [6.07, 6.45) is 6.51. The first kappa shape index (κ1) is 43.6. The number of aryl methyl sites for hydroxylation is 2. The number of hydrogen-bond acceptors (Lipinski definition) is 3. The van der Waals surface area contributed by atoms with Gasteiger partial charge in [0.1, 0.15) is 5.76 Å². The molecule has 0 bridgehead atoms. The van der Waals surface area contributed by atoms with Crippen LogP contribution in [0.15, 0.2) is 60.4 Å². The van der Waals surface area contributed by atoms with E-state index < -0.39 is 5.41 Å². The van der Waals surface area contributed by atoms with Gasteiger partial charge in [-0.05, 0) is 90.9 Å².